The van der Waals surface area contributed by atoms with Crippen molar-refractivity contribution in [3.63, 3.8) is 0 Å². The summed E-state index contributed by atoms with van der Waals surface area (Å²) >= 11 is 3.55. The van der Waals surface area contributed by atoms with Gasteiger partial charge in [0.2, 0.25) is 11.8 Å². The van der Waals surface area contributed by atoms with Crippen LogP contribution in [0.1, 0.15) is 25.8 Å². The molecule has 0 atom stereocenters. The first-order valence-electron chi connectivity index (χ1n) is 10.5. The third kappa shape index (κ3) is 4.02. The zero-order valence-electron chi connectivity index (χ0n) is 17.6. The molecule has 0 amide bonds. The topological polar surface area (TPSA) is 95.1 Å². The van der Waals surface area contributed by atoms with Crippen LogP contribution in [0.4, 0.5) is 21.7 Å². The summed E-state index contributed by atoms with van der Waals surface area (Å²) in [6.07, 6.45) is 6.03. The molecule has 0 spiro atoms. The summed E-state index contributed by atoms with van der Waals surface area (Å²) in [5.41, 5.74) is 2.31. The van der Waals surface area contributed by atoms with Gasteiger partial charge in [0.25, 0.3) is 0 Å². The quantitative estimate of drug-likeness (QED) is 0.228. The van der Waals surface area contributed by atoms with Crippen molar-refractivity contribution in [2.45, 2.75) is 25.8 Å². The Balaban J connectivity index is 1.58. The van der Waals surface area contributed by atoms with Crippen molar-refractivity contribution in [3.8, 4) is 17.0 Å². The maximum atomic E-state index is 14.1. The molecular formula is C23H19BrFN5O3. The summed E-state index contributed by atoms with van der Waals surface area (Å²) in [5.74, 6) is -0.628. The molecule has 0 unspecified atom stereocenters. The molecule has 2 aromatic heterocycles. The number of fused-ring (bicyclic) bond motifs is 1. The molecule has 0 aliphatic heterocycles. The third-order valence-corrected chi connectivity index (χ3v) is 6.05. The van der Waals surface area contributed by atoms with Gasteiger partial charge >= 0.3 is 5.69 Å². The van der Waals surface area contributed by atoms with Crippen LogP contribution in [-0.2, 0) is 0 Å². The van der Waals surface area contributed by atoms with Crippen molar-refractivity contribution >= 4 is 44.2 Å². The molecular weight excluding hydrogens is 493 g/mol. The van der Waals surface area contributed by atoms with E-state index in [1.54, 1.807) is 13.1 Å². The number of nitro groups is 1. The smallest absolute Gasteiger partial charge is 0.307 e. The monoisotopic (exact) mass is 511 g/mol. The molecule has 4 aromatic rings. The Morgan fingerprint density at radius 1 is 1.33 bits per heavy atom. The maximum absolute atomic E-state index is 14.1. The normalized spacial score (nSPS) is 13.3. The molecule has 1 N–H and O–H groups in total. The first-order chi connectivity index (χ1) is 16.0. The second kappa shape index (κ2) is 8.43. The van der Waals surface area contributed by atoms with Crippen LogP contribution in [0.5, 0.6) is 5.75 Å². The SMILES string of the molecule is CCOc1cc(F)c([N+](=O)[O-])cc1Nc1ncc(Br)c(-c2cn(C3CC3)c3ccccc23)n1. The number of aromatic nitrogens is 3. The van der Waals surface area contributed by atoms with Gasteiger partial charge in [-0.25, -0.2) is 9.97 Å². The average molecular weight is 512 g/mol. The van der Waals surface area contributed by atoms with Gasteiger partial charge in [-0.2, -0.15) is 4.39 Å². The molecule has 1 saturated carbocycles. The highest BCUT2D eigenvalue weighted by atomic mass is 79.9. The molecule has 8 nitrogen and oxygen atoms in total. The Morgan fingerprint density at radius 3 is 2.85 bits per heavy atom. The number of hydrogen-bond donors (Lipinski definition) is 1. The van der Waals surface area contributed by atoms with Crippen LogP contribution in [0, 0.1) is 15.9 Å². The van der Waals surface area contributed by atoms with Crippen LogP contribution in [0.15, 0.2) is 53.3 Å². The van der Waals surface area contributed by atoms with Gasteiger partial charge in [-0.05, 0) is 41.8 Å². The van der Waals surface area contributed by atoms with Crippen molar-refractivity contribution < 1.29 is 14.1 Å². The summed E-state index contributed by atoms with van der Waals surface area (Å²) in [4.78, 5) is 19.4. The van der Waals surface area contributed by atoms with Gasteiger partial charge in [-0.15, -0.1) is 0 Å². The number of nitro benzene ring substituents is 1. The predicted octanol–water partition coefficient (Wildman–Crippen LogP) is 6.39. The zero-order chi connectivity index (χ0) is 23.1. The largest absolute Gasteiger partial charge is 0.492 e. The number of anilines is 2. The fourth-order valence-electron chi connectivity index (χ4n) is 3.84. The van der Waals surface area contributed by atoms with Crippen molar-refractivity contribution in [1.82, 2.24) is 14.5 Å². The lowest BCUT2D eigenvalue weighted by molar-refractivity contribution is -0.387. The number of para-hydroxylation sites is 1. The highest BCUT2D eigenvalue weighted by Gasteiger charge is 2.27. The van der Waals surface area contributed by atoms with E-state index in [1.165, 1.54) is 0 Å². The van der Waals surface area contributed by atoms with E-state index >= 15 is 0 Å². The van der Waals surface area contributed by atoms with Crippen molar-refractivity contribution in [2.75, 3.05) is 11.9 Å². The number of benzene rings is 2. The molecule has 0 saturated heterocycles. The highest BCUT2D eigenvalue weighted by Crippen LogP contribution is 2.42. The molecule has 33 heavy (non-hydrogen) atoms. The Bertz CT molecular complexity index is 1390. The molecule has 5 rings (SSSR count). The Hall–Kier alpha value is -3.53. The first kappa shape index (κ1) is 21.3. The highest BCUT2D eigenvalue weighted by molar-refractivity contribution is 9.10. The molecule has 10 heteroatoms. The van der Waals surface area contributed by atoms with Gasteiger partial charge in [0.05, 0.1) is 27.4 Å². The Morgan fingerprint density at radius 2 is 2.12 bits per heavy atom. The van der Waals surface area contributed by atoms with Gasteiger partial charge in [-0.3, -0.25) is 10.1 Å². The minimum atomic E-state index is -0.973. The van der Waals surface area contributed by atoms with E-state index in [2.05, 4.69) is 54.1 Å². The summed E-state index contributed by atoms with van der Waals surface area (Å²) in [6.45, 7) is 2.01. The number of ether oxygens (including phenoxy) is 1. The summed E-state index contributed by atoms with van der Waals surface area (Å²) in [7, 11) is 0. The van der Waals surface area contributed by atoms with E-state index < -0.39 is 16.4 Å². The van der Waals surface area contributed by atoms with E-state index in [-0.39, 0.29) is 24.0 Å². The van der Waals surface area contributed by atoms with Crippen molar-refractivity contribution in [1.29, 1.82) is 0 Å². The van der Waals surface area contributed by atoms with Gasteiger partial charge < -0.3 is 14.6 Å². The van der Waals surface area contributed by atoms with E-state index in [1.807, 2.05) is 12.1 Å². The predicted molar refractivity (Wildman–Crippen MR) is 126 cm³/mol. The van der Waals surface area contributed by atoms with Gasteiger partial charge in [-0.1, -0.05) is 18.2 Å². The summed E-state index contributed by atoms with van der Waals surface area (Å²) in [6, 6.07) is 10.7. The number of halogens is 2. The number of nitrogens with one attached hydrogen (secondary N) is 1. The van der Waals surface area contributed by atoms with Crippen molar-refractivity contribution in [2.24, 2.45) is 0 Å². The van der Waals surface area contributed by atoms with Gasteiger partial charge in [0.1, 0.15) is 5.75 Å². The van der Waals surface area contributed by atoms with Crippen LogP contribution in [0.2, 0.25) is 0 Å². The van der Waals surface area contributed by atoms with E-state index in [4.69, 9.17) is 4.74 Å². The number of hydrogen-bond acceptors (Lipinski definition) is 6. The summed E-state index contributed by atoms with van der Waals surface area (Å²) in [5, 5.41) is 15.3. The third-order valence-electron chi connectivity index (χ3n) is 5.47. The minimum absolute atomic E-state index is 0.138. The average Bonchev–Trinajstić information content (AvgIpc) is 3.57. The second-order valence-corrected chi connectivity index (χ2v) is 8.56. The molecule has 1 fully saturated rings. The van der Waals surface area contributed by atoms with Gasteiger partial charge in [0, 0.05) is 47.0 Å². The van der Waals surface area contributed by atoms with E-state index in [0.29, 0.717) is 16.2 Å². The lowest BCUT2D eigenvalue weighted by atomic mass is 10.1. The minimum Gasteiger partial charge on any atom is -0.492 e. The molecule has 2 heterocycles. The maximum Gasteiger partial charge on any atom is 0.307 e. The second-order valence-electron chi connectivity index (χ2n) is 7.70. The molecule has 0 bridgehead atoms. The van der Waals surface area contributed by atoms with Crippen LogP contribution >= 0.6 is 15.9 Å². The number of nitrogens with zero attached hydrogens (tertiary/aromatic N) is 4. The lowest BCUT2D eigenvalue weighted by Crippen LogP contribution is -2.04. The zero-order valence-corrected chi connectivity index (χ0v) is 19.2. The molecule has 0 radical (unpaired) electrons. The van der Waals surface area contributed by atoms with Crippen LogP contribution in [0.25, 0.3) is 22.2 Å². The van der Waals surface area contributed by atoms with Crippen LogP contribution in [-0.4, -0.2) is 26.1 Å². The van der Waals surface area contributed by atoms with Crippen LogP contribution in [0.3, 0.4) is 0 Å². The van der Waals surface area contributed by atoms with Crippen LogP contribution < -0.4 is 10.1 Å². The molecule has 168 valence electrons. The Labute approximate surface area is 196 Å². The molecule has 1 aliphatic carbocycles. The Kier molecular flexibility index (Phi) is 5.45. The van der Waals surface area contributed by atoms with E-state index in [9.17, 15) is 14.5 Å². The molecule has 2 aromatic carbocycles. The summed E-state index contributed by atoms with van der Waals surface area (Å²) < 4.78 is 22.6. The van der Waals surface area contributed by atoms with E-state index in [0.717, 1.165) is 41.4 Å². The first-order valence-corrected chi connectivity index (χ1v) is 11.3. The number of rotatable bonds is 7. The lowest BCUT2D eigenvalue weighted by Gasteiger charge is -2.13. The van der Waals surface area contributed by atoms with Gasteiger partial charge in [0.15, 0.2) is 0 Å². The fraction of sp³-hybridized carbons (Fsp3) is 0.217. The standard InChI is InChI=1S/C23H19BrFN5O3/c1-2-33-21-9-17(25)20(30(31)32)10-18(21)27-23-26-11-16(24)22(28-23)15-12-29(13-7-8-13)19-6-4-3-5-14(15)19/h3-6,9-13H,2,7-8H2,1H3,(H,26,27,28). The van der Waals surface area contributed by atoms with Crippen molar-refractivity contribution in [3.05, 3.63) is 69.2 Å². The molecule has 1 aliphatic rings. The fourth-order valence-corrected chi connectivity index (χ4v) is 4.25.